The van der Waals surface area contributed by atoms with E-state index in [1.54, 1.807) is 18.5 Å². The molecule has 0 bridgehead atoms. The van der Waals surface area contributed by atoms with Crippen LogP contribution in [0, 0.1) is 5.92 Å². The molecule has 138 valence electrons. The van der Waals surface area contributed by atoms with E-state index < -0.39 is 0 Å². The van der Waals surface area contributed by atoms with Crippen molar-refractivity contribution in [1.29, 1.82) is 0 Å². The number of para-hydroxylation sites is 1. The molecular formula is C22H22ClN3O. The average molecular weight is 380 g/mol. The zero-order valence-corrected chi connectivity index (χ0v) is 15.8. The molecule has 1 heterocycles. The molecule has 1 aliphatic rings. The summed E-state index contributed by atoms with van der Waals surface area (Å²) in [5.41, 5.74) is 2.96. The summed E-state index contributed by atoms with van der Waals surface area (Å²) in [5.74, 6) is 0.961. The predicted octanol–water partition coefficient (Wildman–Crippen LogP) is 5.59. The summed E-state index contributed by atoms with van der Waals surface area (Å²) < 4.78 is 0. The Morgan fingerprint density at radius 1 is 1.00 bits per heavy atom. The number of anilines is 1. The van der Waals surface area contributed by atoms with Gasteiger partial charge in [-0.2, -0.15) is 0 Å². The van der Waals surface area contributed by atoms with Gasteiger partial charge in [-0.15, -0.1) is 0 Å². The molecule has 0 aliphatic heterocycles. The Labute approximate surface area is 164 Å². The predicted molar refractivity (Wildman–Crippen MR) is 109 cm³/mol. The highest BCUT2D eigenvalue weighted by Crippen LogP contribution is 2.38. The van der Waals surface area contributed by atoms with Gasteiger partial charge in [0.15, 0.2) is 0 Å². The van der Waals surface area contributed by atoms with Crippen LogP contribution < -0.4 is 5.32 Å². The van der Waals surface area contributed by atoms with Gasteiger partial charge in [-0.1, -0.05) is 29.8 Å². The van der Waals surface area contributed by atoms with E-state index in [1.165, 1.54) is 0 Å². The van der Waals surface area contributed by atoms with Crippen LogP contribution in [0.25, 0.3) is 10.9 Å². The van der Waals surface area contributed by atoms with Gasteiger partial charge < -0.3 is 5.32 Å². The van der Waals surface area contributed by atoms with E-state index in [2.05, 4.69) is 21.4 Å². The third-order valence-electron chi connectivity index (χ3n) is 5.41. The van der Waals surface area contributed by atoms with Crippen LogP contribution in [-0.2, 0) is 4.79 Å². The Morgan fingerprint density at radius 2 is 1.74 bits per heavy atom. The lowest BCUT2D eigenvalue weighted by Gasteiger charge is -2.28. The number of halogens is 1. The molecule has 0 unspecified atom stereocenters. The molecule has 0 radical (unpaired) electrons. The summed E-state index contributed by atoms with van der Waals surface area (Å²) in [6, 6.07) is 15.4. The van der Waals surface area contributed by atoms with Crippen molar-refractivity contribution in [1.82, 2.24) is 9.97 Å². The van der Waals surface area contributed by atoms with E-state index >= 15 is 0 Å². The summed E-state index contributed by atoms with van der Waals surface area (Å²) in [4.78, 5) is 21.3. The maximum atomic E-state index is 12.3. The highest BCUT2D eigenvalue weighted by molar-refractivity contribution is 6.30. The van der Waals surface area contributed by atoms with Crippen LogP contribution in [0.5, 0.6) is 0 Å². The van der Waals surface area contributed by atoms with E-state index in [1.807, 2.05) is 30.3 Å². The topological polar surface area (TPSA) is 54.9 Å². The molecule has 1 aromatic heterocycles. The molecule has 0 saturated heterocycles. The Balaban J connectivity index is 1.34. The number of nitrogens with one attached hydrogen (secondary N) is 1. The van der Waals surface area contributed by atoms with E-state index in [0.717, 1.165) is 48.0 Å². The second-order valence-electron chi connectivity index (χ2n) is 7.25. The average Bonchev–Trinajstić information content (AvgIpc) is 2.70. The quantitative estimate of drug-likeness (QED) is 0.643. The Hall–Kier alpha value is -2.46. The summed E-state index contributed by atoms with van der Waals surface area (Å²) in [7, 11) is 0. The standard InChI is InChI=1S/C22H22ClN3O/c23-17-9-11-18(12-10-17)26-21(27)13-15-5-7-16(8-6-15)22-19-3-1-2-4-20(19)24-14-25-22/h1-4,9-12,14-16H,5-8,13H2,(H,26,27). The third-order valence-corrected chi connectivity index (χ3v) is 5.66. The van der Waals surface area contributed by atoms with Crippen molar-refractivity contribution < 1.29 is 4.79 Å². The Morgan fingerprint density at radius 3 is 2.52 bits per heavy atom. The molecule has 1 amide bonds. The molecule has 4 nitrogen and oxygen atoms in total. The van der Waals surface area contributed by atoms with Crippen LogP contribution in [0.1, 0.15) is 43.7 Å². The van der Waals surface area contributed by atoms with Gasteiger partial charge in [-0.25, -0.2) is 9.97 Å². The van der Waals surface area contributed by atoms with Crippen LogP contribution in [0.2, 0.25) is 5.02 Å². The molecule has 1 saturated carbocycles. The fraction of sp³-hybridized carbons (Fsp3) is 0.318. The van der Waals surface area contributed by atoms with Crippen molar-refractivity contribution in [3.05, 3.63) is 65.6 Å². The molecule has 3 aromatic rings. The van der Waals surface area contributed by atoms with Gasteiger partial charge in [-0.05, 0) is 61.9 Å². The van der Waals surface area contributed by atoms with Gasteiger partial charge in [-0.3, -0.25) is 4.79 Å². The lowest BCUT2D eigenvalue weighted by Crippen LogP contribution is -2.21. The number of carbonyl (C=O) groups excluding carboxylic acids is 1. The van der Waals surface area contributed by atoms with Crippen molar-refractivity contribution in [2.24, 2.45) is 5.92 Å². The minimum Gasteiger partial charge on any atom is -0.326 e. The number of hydrogen-bond donors (Lipinski definition) is 1. The molecule has 4 rings (SSSR count). The number of carbonyl (C=O) groups is 1. The maximum Gasteiger partial charge on any atom is 0.224 e. The van der Waals surface area contributed by atoms with Crippen molar-refractivity contribution in [2.45, 2.75) is 38.0 Å². The van der Waals surface area contributed by atoms with Crippen LogP contribution in [0.15, 0.2) is 54.9 Å². The number of rotatable bonds is 4. The smallest absolute Gasteiger partial charge is 0.224 e. The van der Waals surface area contributed by atoms with Gasteiger partial charge in [0.2, 0.25) is 5.91 Å². The summed E-state index contributed by atoms with van der Waals surface area (Å²) in [6.45, 7) is 0. The number of amides is 1. The lowest BCUT2D eigenvalue weighted by molar-refractivity contribution is -0.117. The molecule has 0 spiro atoms. The molecule has 1 fully saturated rings. The lowest BCUT2D eigenvalue weighted by atomic mass is 9.78. The van der Waals surface area contributed by atoms with Crippen LogP contribution in [-0.4, -0.2) is 15.9 Å². The first kappa shape index (κ1) is 17.9. The van der Waals surface area contributed by atoms with Gasteiger partial charge in [0, 0.05) is 28.4 Å². The number of aromatic nitrogens is 2. The van der Waals surface area contributed by atoms with Crippen molar-refractivity contribution in [3.63, 3.8) is 0 Å². The largest absolute Gasteiger partial charge is 0.326 e. The van der Waals surface area contributed by atoms with Gasteiger partial charge in [0.25, 0.3) is 0 Å². The molecule has 0 atom stereocenters. The summed E-state index contributed by atoms with van der Waals surface area (Å²) >= 11 is 5.88. The highest BCUT2D eigenvalue weighted by Gasteiger charge is 2.26. The molecular weight excluding hydrogens is 358 g/mol. The minimum atomic E-state index is 0.0771. The first-order chi connectivity index (χ1) is 13.2. The maximum absolute atomic E-state index is 12.3. The number of hydrogen-bond acceptors (Lipinski definition) is 3. The van der Waals surface area contributed by atoms with Crippen molar-refractivity contribution >= 4 is 34.1 Å². The zero-order chi connectivity index (χ0) is 18.6. The highest BCUT2D eigenvalue weighted by atomic mass is 35.5. The molecule has 5 heteroatoms. The third kappa shape index (κ3) is 4.28. The molecule has 27 heavy (non-hydrogen) atoms. The zero-order valence-electron chi connectivity index (χ0n) is 15.1. The second-order valence-corrected chi connectivity index (χ2v) is 7.69. The Kier molecular flexibility index (Phi) is 5.35. The van der Waals surface area contributed by atoms with Crippen LogP contribution >= 0.6 is 11.6 Å². The number of fused-ring (bicyclic) bond motifs is 1. The summed E-state index contributed by atoms with van der Waals surface area (Å²) in [5, 5.41) is 4.79. The van der Waals surface area contributed by atoms with E-state index in [4.69, 9.17) is 11.6 Å². The fourth-order valence-electron chi connectivity index (χ4n) is 4.00. The minimum absolute atomic E-state index is 0.0771. The van der Waals surface area contributed by atoms with Crippen LogP contribution in [0.4, 0.5) is 5.69 Å². The second kappa shape index (κ2) is 8.05. The van der Waals surface area contributed by atoms with Crippen molar-refractivity contribution in [3.8, 4) is 0 Å². The first-order valence-corrected chi connectivity index (χ1v) is 9.82. The van der Waals surface area contributed by atoms with Crippen LogP contribution in [0.3, 0.4) is 0 Å². The number of nitrogens with zero attached hydrogens (tertiary/aromatic N) is 2. The van der Waals surface area contributed by atoms with E-state index in [9.17, 15) is 4.79 Å². The van der Waals surface area contributed by atoms with E-state index in [0.29, 0.717) is 23.3 Å². The normalized spacial score (nSPS) is 19.7. The molecule has 1 N–H and O–H groups in total. The SMILES string of the molecule is O=C(CC1CCC(c2ncnc3ccccc23)CC1)Nc1ccc(Cl)cc1. The monoisotopic (exact) mass is 379 g/mol. The van der Waals surface area contributed by atoms with Gasteiger partial charge in [0.05, 0.1) is 11.2 Å². The Bertz CT molecular complexity index is 928. The van der Waals surface area contributed by atoms with Crippen molar-refractivity contribution in [2.75, 3.05) is 5.32 Å². The summed E-state index contributed by atoms with van der Waals surface area (Å²) in [6.07, 6.45) is 6.48. The van der Waals surface area contributed by atoms with Gasteiger partial charge in [0.1, 0.15) is 6.33 Å². The van der Waals surface area contributed by atoms with Gasteiger partial charge >= 0.3 is 0 Å². The number of benzene rings is 2. The first-order valence-electron chi connectivity index (χ1n) is 9.44. The fourth-order valence-corrected chi connectivity index (χ4v) is 4.12. The molecule has 2 aromatic carbocycles. The van der Waals surface area contributed by atoms with E-state index in [-0.39, 0.29) is 5.91 Å². The molecule has 1 aliphatic carbocycles.